The van der Waals surface area contributed by atoms with Crippen LogP contribution in [0.1, 0.15) is 0 Å². The minimum atomic E-state index is -0.414. The van der Waals surface area contributed by atoms with Crippen LogP contribution in [-0.2, 0) is 19.5 Å². The van der Waals surface area contributed by atoms with Crippen molar-refractivity contribution >= 4 is 18.3 Å². The summed E-state index contributed by atoms with van der Waals surface area (Å²) in [5, 5.41) is 0. The molecule has 0 unspecified atom stereocenters. The summed E-state index contributed by atoms with van der Waals surface area (Å²) in [5.41, 5.74) is 5.34. The second-order valence-electron chi connectivity index (χ2n) is 1.67. The molecular formula is C6H6FNSZn. The molecule has 0 atom stereocenters. The van der Waals surface area contributed by atoms with Gasteiger partial charge in [-0.2, -0.15) is 0 Å². The van der Waals surface area contributed by atoms with Crippen molar-refractivity contribution in [3.63, 3.8) is 0 Å². The first-order valence-electron chi connectivity index (χ1n) is 2.45. The van der Waals surface area contributed by atoms with E-state index in [-0.39, 0.29) is 25.2 Å². The molecule has 0 aliphatic rings. The molecule has 0 bridgehead atoms. The Labute approximate surface area is 77.0 Å². The standard InChI is InChI=1S/C6H6FNS.Zn/c7-4-2-1-3-5(9)6(4)8;/h1-3,9H,8H2;. The topological polar surface area (TPSA) is 26.0 Å². The number of para-hydroxylation sites is 1. The maximum atomic E-state index is 12.4. The van der Waals surface area contributed by atoms with E-state index in [1.54, 1.807) is 12.1 Å². The zero-order chi connectivity index (χ0) is 6.85. The first-order chi connectivity index (χ1) is 4.22. The minimum Gasteiger partial charge on any atom is -0.395 e. The molecule has 0 spiro atoms. The van der Waals surface area contributed by atoms with Crippen LogP contribution in [0.3, 0.4) is 0 Å². The summed E-state index contributed by atoms with van der Waals surface area (Å²) in [7, 11) is 0. The van der Waals surface area contributed by atoms with E-state index < -0.39 is 5.82 Å². The Hall–Kier alpha value is -0.0766. The zero-order valence-electron chi connectivity index (χ0n) is 5.34. The molecule has 1 aromatic carbocycles. The van der Waals surface area contributed by atoms with Crippen molar-refractivity contribution in [3.8, 4) is 0 Å². The quantitative estimate of drug-likeness (QED) is 0.379. The number of nitrogens with two attached hydrogens (primary N) is 1. The van der Waals surface area contributed by atoms with E-state index in [9.17, 15) is 4.39 Å². The van der Waals surface area contributed by atoms with Crippen LogP contribution in [0.5, 0.6) is 0 Å². The Morgan fingerprint density at radius 2 is 2.00 bits per heavy atom. The van der Waals surface area contributed by atoms with Gasteiger partial charge in [0.15, 0.2) is 0 Å². The van der Waals surface area contributed by atoms with Gasteiger partial charge in [0.25, 0.3) is 0 Å². The van der Waals surface area contributed by atoms with Gasteiger partial charge < -0.3 is 5.73 Å². The Bertz CT molecular complexity index is 209. The summed E-state index contributed by atoms with van der Waals surface area (Å²) in [6.07, 6.45) is 0. The smallest absolute Gasteiger partial charge is 0.147 e. The van der Waals surface area contributed by atoms with E-state index in [1.807, 2.05) is 0 Å². The first-order valence-corrected chi connectivity index (χ1v) is 2.89. The van der Waals surface area contributed by atoms with Crippen molar-refractivity contribution in [2.24, 2.45) is 0 Å². The van der Waals surface area contributed by atoms with Gasteiger partial charge in [-0.3, -0.25) is 0 Å². The van der Waals surface area contributed by atoms with Crippen molar-refractivity contribution < 1.29 is 23.9 Å². The van der Waals surface area contributed by atoms with E-state index >= 15 is 0 Å². The van der Waals surface area contributed by atoms with Gasteiger partial charge in [0.2, 0.25) is 0 Å². The van der Waals surface area contributed by atoms with E-state index in [0.717, 1.165) is 0 Å². The van der Waals surface area contributed by atoms with Crippen molar-refractivity contribution in [2.75, 3.05) is 5.73 Å². The molecule has 50 valence electrons. The molecule has 0 radical (unpaired) electrons. The average Bonchev–Trinajstić information content (AvgIpc) is 1.83. The Kier molecular flexibility index (Phi) is 3.91. The molecule has 0 saturated heterocycles. The number of thiol groups is 1. The molecule has 0 heterocycles. The molecule has 1 aromatic rings. The third-order valence-electron chi connectivity index (χ3n) is 1.03. The number of hydrogen-bond acceptors (Lipinski definition) is 2. The van der Waals surface area contributed by atoms with Crippen LogP contribution in [0.15, 0.2) is 23.1 Å². The average molecular weight is 209 g/mol. The molecule has 0 amide bonds. The van der Waals surface area contributed by atoms with Gasteiger partial charge in [-0.05, 0) is 12.1 Å². The van der Waals surface area contributed by atoms with Crippen LogP contribution in [0.25, 0.3) is 0 Å². The van der Waals surface area contributed by atoms with E-state index in [0.29, 0.717) is 4.90 Å². The van der Waals surface area contributed by atoms with Gasteiger partial charge in [0, 0.05) is 24.4 Å². The van der Waals surface area contributed by atoms with E-state index in [2.05, 4.69) is 12.6 Å². The molecule has 0 aliphatic heterocycles. The fourth-order valence-electron chi connectivity index (χ4n) is 0.526. The predicted molar refractivity (Wildman–Crippen MR) is 38.1 cm³/mol. The summed E-state index contributed by atoms with van der Waals surface area (Å²) in [5.74, 6) is -0.414. The molecule has 0 aliphatic carbocycles. The first kappa shape index (κ1) is 9.92. The number of halogens is 1. The minimum absolute atomic E-state index is 0. The third-order valence-corrected chi connectivity index (χ3v) is 1.42. The van der Waals surface area contributed by atoms with Crippen molar-refractivity contribution in [1.29, 1.82) is 0 Å². The van der Waals surface area contributed by atoms with Crippen molar-refractivity contribution in [3.05, 3.63) is 24.0 Å². The van der Waals surface area contributed by atoms with Crippen LogP contribution in [0, 0.1) is 5.82 Å². The maximum Gasteiger partial charge on any atom is 0.147 e. The molecule has 1 nitrogen and oxygen atoms in total. The van der Waals surface area contributed by atoms with Crippen molar-refractivity contribution in [2.45, 2.75) is 4.90 Å². The van der Waals surface area contributed by atoms with E-state index in [1.165, 1.54) is 6.07 Å². The molecule has 0 saturated carbocycles. The predicted octanol–water partition coefficient (Wildman–Crippen LogP) is 1.69. The molecule has 1 rings (SSSR count). The van der Waals surface area contributed by atoms with Crippen LogP contribution in [0.2, 0.25) is 0 Å². The summed E-state index contributed by atoms with van der Waals surface area (Å²) in [6.45, 7) is 0. The van der Waals surface area contributed by atoms with Gasteiger partial charge in [0.05, 0.1) is 5.69 Å². The number of hydrogen-bond donors (Lipinski definition) is 2. The van der Waals surface area contributed by atoms with Gasteiger partial charge in [-0.1, -0.05) is 6.07 Å². The fourth-order valence-corrected chi connectivity index (χ4v) is 0.719. The van der Waals surface area contributed by atoms with Crippen LogP contribution in [0.4, 0.5) is 10.1 Å². The molecule has 4 heteroatoms. The molecular weight excluding hydrogens is 203 g/mol. The summed E-state index contributed by atoms with van der Waals surface area (Å²) in [6, 6.07) is 4.50. The van der Waals surface area contributed by atoms with Crippen molar-refractivity contribution in [1.82, 2.24) is 0 Å². The van der Waals surface area contributed by atoms with Crippen LogP contribution >= 0.6 is 12.6 Å². The van der Waals surface area contributed by atoms with Crippen LogP contribution in [-0.4, -0.2) is 0 Å². The van der Waals surface area contributed by atoms with Gasteiger partial charge >= 0.3 is 0 Å². The van der Waals surface area contributed by atoms with Gasteiger partial charge in [-0.15, -0.1) is 12.6 Å². The number of rotatable bonds is 0. The maximum absolute atomic E-state index is 12.4. The Morgan fingerprint density at radius 3 is 2.40 bits per heavy atom. The summed E-state index contributed by atoms with van der Waals surface area (Å²) < 4.78 is 12.4. The van der Waals surface area contributed by atoms with E-state index in [4.69, 9.17) is 5.73 Å². The molecule has 0 aromatic heterocycles. The van der Waals surface area contributed by atoms with Gasteiger partial charge in [0.1, 0.15) is 5.82 Å². The molecule has 2 N–H and O–H groups in total. The van der Waals surface area contributed by atoms with Crippen LogP contribution < -0.4 is 5.73 Å². The van der Waals surface area contributed by atoms with Gasteiger partial charge in [-0.25, -0.2) is 4.39 Å². The second-order valence-corrected chi connectivity index (χ2v) is 2.15. The number of benzene rings is 1. The number of anilines is 1. The fraction of sp³-hybridized carbons (Fsp3) is 0. The SMILES string of the molecule is Nc1c(F)cccc1S.[Zn]. The summed E-state index contributed by atoms with van der Waals surface area (Å²) in [4.78, 5) is 0.481. The normalized spacial score (nSPS) is 8.60. The second kappa shape index (κ2) is 3.94. The summed E-state index contributed by atoms with van der Waals surface area (Å²) >= 11 is 3.90. The third kappa shape index (κ3) is 1.96. The zero-order valence-corrected chi connectivity index (χ0v) is 9.20. The molecule has 10 heavy (non-hydrogen) atoms. The number of nitrogen functional groups attached to an aromatic ring is 1. The monoisotopic (exact) mass is 207 g/mol. The largest absolute Gasteiger partial charge is 0.395 e. The Morgan fingerprint density at radius 1 is 1.40 bits per heavy atom. The Balaban J connectivity index is 0.000000810. The molecule has 0 fully saturated rings.